The molecule has 1 atom stereocenters. The van der Waals surface area contributed by atoms with Crippen molar-refractivity contribution in [2.45, 2.75) is 19.9 Å². The van der Waals surface area contributed by atoms with Gasteiger partial charge in [-0.05, 0) is 18.6 Å². The van der Waals surface area contributed by atoms with Crippen LogP contribution in [0, 0.1) is 0 Å². The van der Waals surface area contributed by atoms with Crippen molar-refractivity contribution in [3.63, 3.8) is 0 Å². The summed E-state index contributed by atoms with van der Waals surface area (Å²) in [4.78, 5) is 27.3. The first-order chi connectivity index (χ1) is 12.0. The second kappa shape index (κ2) is 9.75. The van der Waals surface area contributed by atoms with E-state index in [4.69, 9.17) is 11.6 Å². The van der Waals surface area contributed by atoms with Crippen LogP contribution in [-0.2, 0) is 9.59 Å². The van der Waals surface area contributed by atoms with Crippen molar-refractivity contribution >= 4 is 23.4 Å². The number of halogens is 1. The van der Waals surface area contributed by atoms with E-state index in [2.05, 4.69) is 33.4 Å². The minimum Gasteiger partial charge on any atom is -0.355 e. The molecule has 0 radical (unpaired) electrons. The average molecular weight is 367 g/mol. The molecule has 2 N–H and O–H groups in total. The second-order valence-electron chi connectivity index (χ2n) is 6.34. The van der Waals surface area contributed by atoms with Gasteiger partial charge in [0.2, 0.25) is 11.8 Å². The zero-order valence-electron chi connectivity index (χ0n) is 14.9. The summed E-state index contributed by atoms with van der Waals surface area (Å²) >= 11 is 6.30. The van der Waals surface area contributed by atoms with Gasteiger partial charge in [0, 0.05) is 57.3 Å². The molecule has 0 bridgehead atoms. The Morgan fingerprint density at radius 1 is 1.12 bits per heavy atom. The van der Waals surface area contributed by atoms with Gasteiger partial charge in [-0.15, -0.1) is 0 Å². The first-order valence-corrected chi connectivity index (χ1v) is 9.07. The molecular weight excluding hydrogens is 340 g/mol. The van der Waals surface area contributed by atoms with Crippen LogP contribution < -0.4 is 10.6 Å². The molecule has 0 saturated carbocycles. The van der Waals surface area contributed by atoms with E-state index in [9.17, 15) is 9.59 Å². The predicted molar refractivity (Wildman–Crippen MR) is 99.6 cm³/mol. The number of carbonyl (C=O) groups excluding carboxylic acids is 2. The Balaban J connectivity index is 1.71. The van der Waals surface area contributed by atoms with Crippen molar-refractivity contribution in [2.24, 2.45) is 0 Å². The summed E-state index contributed by atoms with van der Waals surface area (Å²) in [6.45, 7) is 8.48. The van der Waals surface area contributed by atoms with Gasteiger partial charge in [-0.25, -0.2) is 0 Å². The van der Waals surface area contributed by atoms with Crippen molar-refractivity contribution in [1.82, 2.24) is 20.4 Å². The summed E-state index contributed by atoms with van der Waals surface area (Å²) in [5.74, 6) is -0.0871. The van der Waals surface area contributed by atoms with Gasteiger partial charge in [-0.2, -0.15) is 0 Å². The fourth-order valence-electron chi connectivity index (χ4n) is 3.02. The molecule has 1 aliphatic rings. The maximum absolute atomic E-state index is 11.9. The first-order valence-electron chi connectivity index (χ1n) is 8.69. The van der Waals surface area contributed by atoms with Gasteiger partial charge in [0.25, 0.3) is 0 Å². The predicted octanol–water partition coefficient (Wildman–Crippen LogP) is 1.27. The third-order valence-corrected chi connectivity index (χ3v) is 4.84. The molecule has 138 valence electrons. The largest absolute Gasteiger partial charge is 0.355 e. The van der Waals surface area contributed by atoms with Crippen molar-refractivity contribution in [1.29, 1.82) is 0 Å². The zero-order valence-corrected chi connectivity index (χ0v) is 15.7. The third-order valence-electron chi connectivity index (χ3n) is 4.50. The highest BCUT2D eigenvalue weighted by Crippen LogP contribution is 2.27. The van der Waals surface area contributed by atoms with Crippen molar-refractivity contribution in [3.05, 3.63) is 34.9 Å². The molecule has 1 aromatic rings. The quantitative estimate of drug-likeness (QED) is 0.713. The number of nitrogens with zero attached hydrogens (tertiary/aromatic N) is 2. The van der Waals surface area contributed by atoms with Crippen LogP contribution in [0.5, 0.6) is 0 Å². The molecule has 1 aromatic carbocycles. The molecule has 1 unspecified atom stereocenters. The normalized spacial score (nSPS) is 17.1. The molecule has 0 aromatic heterocycles. The van der Waals surface area contributed by atoms with E-state index in [1.165, 1.54) is 6.92 Å². The van der Waals surface area contributed by atoms with E-state index in [1.807, 2.05) is 18.2 Å². The summed E-state index contributed by atoms with van der Waals surface area (Å²) in [6, 6.07) is 8.22. The number of nitrogens with one attached hydrogen (secondary N) is 2. The maximum Gasteiger partial charge on any atom is 0.234 e. The maximum atomic E-state index is 11.9. The lowest BCUT2D eigenvalue weighted by atomic mass is 10.1. The zero-order chi connectivity index (χ0) is 18.2. The standard InChI is InChI=1S/C18H27ClN4O2/c1-14(16-5-3-4-6-17(16)19)23-11-9-22(10-12-23)13-18(25)21-8-7-20-15(2)24/h3-6,14H,7-13H2,1-2H3,(H,20,24)(H,21,25). The van der Waals surface area contributed by atoms with Gasteiger partial charge in [0.1, 0.15) is 0 Å². The number of carbonyl (C=O) groups is 2. The van der Waals surface area contributed by atoms with Gasteiger partial charge < -0.3 is 10.6 Å². The Kier molecular flexibility index (Phi) is 7.68. The van der Waals surface area contributed by atoms with Crippen molar-refractivity contribution in [3.8, 4) is 0 Å². The van der Waals surface area contributed by atoms with E-state index in [1.54, 1.807) is 0 Å². The van der Waals surface area contributed by atoms with Crippen LogP contribution in [0.15, 0.2) is 24.3 Å². The fourth-order valence-corrected chi connectivity index (χ4v) is 3.31. The SMILES string of the molecule is CC(=O)NCCNC(=O)CN1CCN(C(C)c2ccccc2Cl)CC1. The summed E-state index contributed by atoms with van der Waals surface area (Å²) in [5.41, 5.74) is 1.15. The molecule has 6 nitrogen and oxygen atoms in total. The summed E-state index contributed by atoms with van der Waals surface area (Å²) in [7, 11) is 0. The number of amides is 2. The molecule has 1 aliphatic heterocycles. The van der Waals surface area contributed by atoms with Crippen LogP contribution in [0.25, 0.3) is 0 Å². The van der Waals surface area contributed by atoms with Crippen molar-refractivity contribution in [2.75, 3.05) is 45.8 Å². The number of piperazine rings is 1. The van der Waals surface area contributed by atoms with Crippen LogP contribution in [0.2, 0.25) is 5.02 Å². The van der Waals surface area contributed by atoms with Crippen LogP contribution >= 0.6 is 11.6 Å². The number of hydrogen-bond donors (Lipinski definition) is 2. The van der Waals surface area contributed by atoms with Gasteiger partial charge in [-0.3, -0.25) is 19.4 Å². The number of hydrogen-bond acceptors (Lipinski definition) is 4. The average Bonchev–Trinajstić information content (AvgIpc) is 2.59. The van der Waals surface area contributed by atoms with E-state index in [-0.39, 0.29) is 17.9 Å². The molecule has 1 saturated heterocycles. The van der Waals surface area contributed by atoms with Gasteiger partial charge in [0.05, 0.1) is 6.54 Å². The molecule has 0 spiro atoms. The topological polar surface area (TPSA) is 64.7 Å². The number of rotatable bonds is 7. The number of benzene rings is 1. The highest BCUT2D eigenvalue weighted by Gasteiger charge is 2.24. The highest BCUT2D eigenvalue weighted by molar-refractivity contribution is 6.31. The van der Waals surface area contributed by atoms with E-state index < -0.39 is 0 Å². The summed E-state index contributed by atoms with van der Waals surface area (Å²) < 4.78 is 0. The fraction of sp³-hybridized carbons (Fsp3) is 0.556. The van der Waals surface area contributed by atoms with Gasteiger partial charge in [0.15, 0.2) is 0 Å². The lowest BCUT2D eigenvalue weighted by molar-refractivity contribution is -0.123. The van der Waals surface area contributed by atoms with E-state index in [0.717, 1.165) is 36.8 Å². The molecule has 25 heavy (non-hydrogen) atoms. The van der Waals surface area contributed by atoms with Crippen molar-refractivity contribution < 1.29 is 9.59 Å². The molecule has 2 amide bonds. The first kappa shape index (κ1) is 19.7. The molecule has 2 rings (SSSR count). The third kappa shape index (κ3) is 6.30. The molecule has 1 fully saturated rings. The van der Waals surface area contributed by atoms with Crippen LogP contribution in [0.3, 0.4) is 0 Å². The Morgan fingerprint density at radius 3 is 2.40 bits per heavy atom. The van der Waals surface area contributed by atoms with Crippen LogP contribution in [0.4, 0.5) is 0 Å². The monoisotopic (exact) mass is 366 g/mol. The Morgan fingerprint density at radius 2 is 1.76 bits per heavy atom. The lowest BCUT2D eigenvalue weighted by Crippen LogP contribution is -2.50. The Labute approximate surface area is 154 Å². The summed E-state index contributed by atoms with van der Waals surface area (Å²) in [5, 5.41) is 6.29. The van der Waals surface area contributed by atoms with Crippen LogP contribution in [-0.4, -0.2) is 67.4 Å². The second-order valence-corrected chi connectivity index (χ2v) is 6.75. The van der Waals surface area contributed by atoms with E-state index >= 15 is 0 Å². The minimum atomic E-state index is -0.0852. The summed E-state index contributed by atoms with van der Waals surface area (Å²) in [6.07, 6.45) is 0. The Hall–Kier alpha value is -1.63. The molecule has 1 heterocycles. The minimum absolute atomic E-state index is 0.00189. The van der Waals surface area contributed by atoms with Gasteiger partial charge >= 0.3 is 0 Å². The van der Waals surface area contributed by atoms with Crippen LogP contribution in [0.1, 0.15) is 25.5 Å². The lowest BCUT2D eigenvalue weighted by Gasteiger charge is -2.38. The smallest absolute Gasteiger partial charge is 0.234 e. The molecule has 7 heteroatoms. The van der Waals surface area contributed by atoms with Gasteiger partial charge in [-0.1, -0.05) is 29.8 Å². The molecular formula is C18H27ClN4O2. The molecule has 0 aliphatic carbocycles. The Bertz CT molecular complexity index is 588. The highest BCUT2D eigenvalue weighted by atomic mass is 35.5. The van der Waals surface area contributed by atoms with E-state index in [0.29, 0.717) is 19.6 Å².